The molecular weight excluding hydrogens is 423 g/mol. The SMILES string of the molecule is CCOC(=O)NC(CNC(=NC)NCC1(C)CCCO1)C1CC1.I. The van der Waals surface area contributed by atoms with Crippen LogP contribution in [-0.2, 0) is 9.47 Å². The maximum Gasteiger partial charge on any atom is 0.407 e. The molecule has 1 aliphatic carbocycles. The number of halogens is 1. The van der Waals surface area contributed by atoms with Gasteiger partial charge in [0.25, 0.3) is 0 Å². The summed E-state index contributed by atoms with van der Waals surface area (Å²) < 4.78 is 10.7. The highest BCUT2D eigenvalue weighted by Crippen LogP contribution is 2.32. The minimum atomic E-state index is -0.346. The molecule has 0 aromatic carbocycles. The molecule has 0 radical (unpaired) electrons. The smallest absolute Gasteiger partial charge is 0.407 e. The Kier molecular flexibility index (Phi) is 9.11. The molecule has 1 aliphatic heterocycles. The van der Waals surface area contributed by atoms with Crippen molar-refractivity contribution in [1.29, 1.82) is 0 Å². The number of hydrogen-bond acceptors (Lipinski definition) is 4. The number of alkyl carbamates (subject to hydrolysis) is 1. The fourth-order valence-electron chi connectivity index (χ4n) is 2.83. The number of carbonyl (C=O) groups is 1. The first-order valence-electron chi connectivity index (χ1n) is 8.58. The molecule has 2 unspecified atom stereocenters. The first-order valence-corrected chi connectivity index (χ1v) is 8.58. The lowest BCUT2D eigenvalue weighted by atomic mass is 10.0. The Labute approximate surface area is 161 Å². The van der Waals surface area contributed by atoms with Crippen LogP contribution in [0.15, 0.2) is 4.99 Å². The van der Waals surface area contributed by atoms with E-state index >= 15 is 0 Å². The van der Waals surface area contributed by atoms with Gasteiger partial charge in [0.05, 0.1) is 18.2 Å². The molecule has 2 fully saturated rings. The maximum absolute atomic E-state index is 11.6. The molecule has 2 atom stereocenters. The van der Waals surface area contributed by atoms with Crippen LogP contribution in [0.1, 0.15) is 39.5 Å². The molecule has 0 bridgehead atoms. The molecule has 1 heterocycles. The number of ether oxygens (including phenoxy) is 2. The number of aliphatic imine (C=N–C) groups is 1. The van der Waals surface area contributed by atoms with Gasteiger partial charge in [0.2, 0.25) is 0 Å². The van der Waals surface area contributed by atoms with Crippen molar-refractivity contribution in [2.75, 3.05) is 33.4 Å². The Morgan fingerprint density at radius 3 is 2.71 bits per heavy atom. The normalized spacial score (nSPS) is 24.7. The summed E-state index contributed by atoms with van der Waals surface area (Å²) in [6.07, 6.45) is 4.12. The Bertz CT molecular complexity index is 424. The average Bonchev–Trinajstić information content (AvgIpc) is 3.28. The predicted octanol–water partition coefficient (Wildman–Crippen LogP) is 1.86. The molecule has 0 spiro atoms. The van der Waals surface area contributed by atoms with Crippen molar-refractivity contribution in [2.45, 2.75) is 51.2 Å². The fourth-order valence-corrected chi connectivity index (χ4v) is 2.83. The molecule has 8 heteroatoms. The second-order valence-electron chi connectivity index (χ2n) is 6.52. The van der Waals surface area contributed by atoms with Crippen LogP contribution >= 0.6 is 24.0 Å². The number of nitrogens with one attached hydrogen (secondary N) is 3. The van der Waals surface area contributed by atoms with E-state index in [-0.39, 0.29) is 41.7 Å². The summed E-state index contributed by atoms with van der Waals surface area (Å²) in [5, 5.41) is 9.54. The second-order valence-corrected chi connectivity index (χ2v) is 6.52. The van der Waals surface area contributed by atoms with Crippen molar-refractivity contribution in [3.63, 3.8) is 0 Å². The summed E-state index contributed by atoms with van der Waals surface area (Å²) in [7, 11) is 1.75. The van der Waals surface area contributed by atoms with Gasteiger partial charge < -0.3 is 25.4 Å². The van der Waals surface area contributed by atoms with Crippen LogP contribution in [0.2, 0.25) is 0 Å². The van der Waals surface area contributed by atoms with E-state index < -0.39 is 0 Å². The predicted molar refractivity (Wildman–Crippen MR) is 105 cm³/mol. The zero-order valence-corrected chi connectivity index (χ0v) is 17.2. The molecule has 7 nitrogen and oxygen atoms in total. The molecule has 1 saturated heterocycles. The third kappa shape index (κ3) is 7.00. The van der Waals surface area contributed by atoms with Gasteiger partial charge in [-0.05, 0) is 45.4 Å². The van der Waals surface area contributed by atoms with Gasteiger partial charge in [-0.2, -0.15) is 0 Å². The lowest BCUT2D eigenvalue weighted by Gasteiger charge is -2.25. The molecule has 24 heavy (non-hydrogen) atoms. The fraction of sp³-hybridized carbons (Fsp3) is 0.875. The molecule has 2 aliphatic rings. The molecule has 2 rings (SSSR count). The molecular formula is C16H31IN4O3. The van der Waals surface area contributed by atoms with Gasteiger partial charge in [-0.3, -0.25) is 4.99 Å². The lowest BCUT2D eigenvalue weighted by Crippen LogP contribution is -2.50. The van der Waals surface area contributed by atoms with Crippen molar-refractivity contribution in [1.82, 2.24) is 16.0 Å². The van der Waals surface area contributed by atoms with Crippen molar-refractivity contribution in [3.8, 4) is 0 Å². The van der Waals surface area contributed by atoms with Crippen LogP contribution in [0, 0.1) is 5.92 Å². The maximum atomic E-state index is 11.6. The lowest BCUT2D eigenvalue weighted by molar-refractivity contribution is 0.0243. The van der Waals surface area contributed by atoms with E-state index in [0.717, 1.165) is 44.8 Å². The molecule has 1 amide bonds. The number of nitrogens with zero attached hydrogens (tertiary/aromatic N) is 1. The monoisotopic (exact) mass is 454 g/mol. The Morgan fingerprint density at radius 1 is 1.42 bits per heavy atom. The van der Waals surface area contributed by atoms with E-state index in [0.29, 0.717) is 19.1 Å². The topological polar surface area (TPSA) is 84.0 Å². The third-order valence-electron chi connectivity index (χ3n) is 4.41. The second kappa shape index (κ2) is 10.3. The molecule has 0 aromatic heterocycles. The van der Waals surface area contributed by atoms with Gasteiger partial charge in [-0.15, -0.1) is 24.0 Å². The van der Waals surface area contributed by atoms with Crippen molar-refractivity contribution >= 4 is 36.0 Å². The first-order chi connectivity index (χ1) is 11.1. The van der Waals surface area contributed by atoms with Crippen molar-refractivity contribution < 1.29 is 14.3 Å². The minimum Gasteiger partial charge on any atom is -0.450 e. The number of rotatable bonds is 7. The standard InChI is InChI=1S/C16H30N4O3.HI/c1-4-22-15(21)20-13(12-6-7-12)10-18-14(17-3)19-11-16(2)8-5-9-23-16;/h12-13H,4-11H2,1-3H3,(H,20,21)(H2,17,18,19);1H. The summed E-state index contributed by atoms with van der Waals surface area (Å²) in [5.41, 5.74) is -0.114. The van der Waals surface area contributed by atoms with Gasteiger partial charge in [-0.1, -0.05) is 0 Å². The van der Waals surface area contributed by atoms with E-state index in [1.807, 2.05) is 0 Å². The number of carbonyl (C=O) groups excluding carboxylic acids is 1. The van der Waals surface area contributed by atoms with Crippen LogP contribution in [0.25, 0.3) is 0 Å². The highest BCUT2D eigenvalue weighted by molar-refractivity contribution is 14.0. The van der Waals surface area contributed by atoms with E-state index in [1.54, 1.807) is 14.0 Å². The van der Waals surface area contributed by atoms with Crippen molar-refractivity contribution in [2.24, 2.45) is 10.9 Å². The highest BCUT2D eigenvalue weighted by Gasteiger charge is 2.33. The first kappa shape index (κ1) is 21.3. The minimum absolute atomic E-state index is 0. The van der Waals surface area contributed by atoms with Crippen molar-refractivity contribution in [3.05, 3.63) is 0 Å². The summed E-state index contributed by atoms with van der Waals surface area (Å²) in [4.78, 5) is 15.9. The number of amides is 1. The van der Waals surface area contributed by atoms with Crippen LogP contribution in [0.5, 0.6) is 0 Å². The van der Waals surface area contributed by atoms with Gasteiger partial charge in [0.1, 0.15) is 0 Å². The summed E-state index contributed by atoms with van der Waals surface area (Å²) in [6, 6.07) is 0.0749. The van der Waals surface area contributed by atoms with E-state index in [1.165, 1.54) is 0 Å². The summed E-state index contributed by atoms with van der Waals surface area (Å²) in [5.74, 6) is 1.26. The number of guanidine groups is 1. The summed E-state index contributed by atoms with van der Waals surface area (Å²) >= 11 is 0. The molecule has 1 saturated carbocycles. The average molecular weight is 454 g/mol. The van der Waals surface area contributed by atoms with Gasteiger partial charge in [0, 0.05) is 26.7 Å². The van der Waals surface area contributed by atoms with Crippen LogP contribution in [0.4, 0.5) is 4.79 Å². The molecule has 0 aromatic rings. The van der Waals surface area contributed by atoms with Crippen LogP contribution < -0.4 is 16.0 Å². The molecule has 140 valence electrons. The quantitative estimate of drug-likeness (QED) is 0.311. The van der Waals surface area contributed by atoms with E-state index in [2.05, 4.69) is 27.9 Å². The van der Waals surface area contributed by atoms with Gasteiger partial charge >= 0.3 is 6.09 Å². The Balaban J connectivity index is 0.00000288. The third-order valence-corrected chi connectivity index (χ3v) is 4.41. The van der Waals surface area contributed by atoms with Gasteiger partial charge in [-0.25, -0.2) is 4.79 Å². The zero-order valence-electron chi connectivity index (χ0n) is 14.9. The Morgan fingerprint density at radius 2 is 2.17 bits per heavy atom. The highest BCUT2D eigenvalue weighted by atomic mass is 127. The van der Waals surface area contributed by atoms with Crippen LogP contribution in [-0.4, -0.2) is 57.0 Å². The summed E-state index contributed by atoms with van der Waals surface area (Å²) in [6.45, 7) is 6.51. The van der Waals surface area contributed by atoms with E-state index in [9.17, 15) is 4.79 Å². The van der Waals surface area contributed by atoms with Crippen LogP contribution in [0.3, 0.4) is 0 Å². The van der Waals surface area contributed by atoms with Gasteiger partial charge in [0.15, 0.2) is 5.96 Å². The Hall–Kier alpha value is -0.770. The number of hydrogen-bond donors (Lipinski definition) is 3. The molecule has 3 N–H and O–H groups in total. The zero-order chi connectivity index (χ0) is 16.7. The largest absolute Gasteiger partial charge is 0.450 e. The van der Waals surface area contributed by atoms with E-state index in [4.69, 9.17) is 9.47 Å².